The molecule has 0 aliphatic rings. The van der Waals surface area contributed by atoms with Crippen molar-refractivity contribution in [2.45, 2.75) is 6.42 Å². The monoisotopic (exact) mass is 402 g/mol. The maximum absolute atomic E-state index is 12.6. The van der Waals surface area contributed by atoms with Gasteiger partial charge in [-0.1, -0.05) is 23.7 Å². The van der Waals surface area contributed by atoms with Crippen LogP contribution in [-0.4, -0.2) is 39.2 Å². The highest BCUT2D eigenvalue weighted by atomic mass is 35.5. The second-order valence-electron chi connectivity index (χ2n) is 5.89. The van der Waals surface area contributed by atoms with Crippen molar-refractivity contribution in [2.24, 2.45) is 0 Å². The Kier molecular flexibility index (Phi) is 8.52. The molecule has 7 heteroatoms. The van der Waals surface area contributed by atoms with Crippen molar-refractivity contribution in [2.75, 3.05) is 27.4 Å². The average Bonchev–Trinajstić information content (AvgIpc) is 2.72. The zero-order chi connectivity index (χ0) is 20.4. The van der Waals surface area contributed by atoms with Crippen LogP contribution in [0.25, 0.3) is 6.08 Å². The molecule has 0 bridgehead atoms. The summed E-state index contributed by atoms with van der Waals surface area (Å²) in [7, 11) is 3.15. The normalized spacial score (nSPS) is 11.0. The second kappa shape index (κ2) is 11.1. The zero-order valence-corrected chi connectivity index (χ0v) is 16.6. The van der Waals surface area contributed by atoms with Gasteiger partial charge in [0, 0.05) is 30.8 Å². The lowest BCUT2D eigenvalue weighted by atomic mass is 10.1. The Morgan fingerprint density at radius 2 is 1.71 bits per heavy atom. The molecule has 2 rings (SSSR count). The van der Waals surface area contributed by atoms with Gasteiger partial charge in [-0.25, -0.2) is 0 Å². The van der Waals surface area contributed by atoms with Gasteiger partial charge in [-0.2, -0.15) is 0 Å². The molecule has 0 atom stereocenters. The van der Waals surface area contributed by atoms with E-state index in [4.69, 9.17) is 21.1 Å². The minimum atomic E-state index is -0.394. The van der Waals surface area contributed by atoms with Crippen molar-refractivity contribution in [3.05, 3.63) is 70.4 Å². The van der Waals surface area contributed by atoms with Gasteiger partial charge in [0.05, 0.1) is 7.11 Å². The fraction of sp³-hybridized carbons (Fsp3) is 0.238. The highest BCUT2D eigenvalue weighted by molar-refractivity contribution is 6.30. The van der Waals surface area contributed by atoms with E-state index in [1.165, 1.54) is 0 Å². The summed E-state index contributed by atoms with van der Waals surface area (Å²) in [4.78, 5) is 25.1. The number of rotatable bonds is 9. The third kappa shape index (κ3) is 6.72. The lowest BCUT2D eigenvalue weighted by molar-refractivity contribution is -0.117. The average molecular weight is 403 g/mol. The number of hydrogen-bond acceptors (Lipinski definition) is 4. The number of halogens is 1. The molecule has 0 radical (unpaired) electrons. The minimum absolute atomic E-state index is 0.139. The van der Waals surface area contributed by atoms with Gasteiger partial charge in [0.25, 0.3) is 11.8 Å². The molecule has 0 heterocycles. The third-order valence-corrected chi connectivity index (χ3v) is 4.09. The van der Waals surface area contributed by atoms with Crippen LogP contribution in [0.2, 0.25) is 5.02 Å². The first-order valence-corrected chi connectivity index (χ1v) is 9.11. The van der Waals surface area contributed by atoms with E-state index >= 15 is 0 Å². The molecule has 0 saturated carbocycles. The number of methoxy groups -OCH3 is 2. The van der Waals surface area contributed by atoms with Gasteiger partial charge in [0.15, 0.2) is 0 Å². The van der Waals surface area contributed by atoms with Crippen molar-refractivity contribution in [1.82, 2.24) is 10.6 Å². The molecular weight excluding hydrogens is 380 g/mol. The van der Waals surface area contributed by atoms with Gasteiger partial charge in [-0.05, 0) is 54.5 Å². The smallest absolute Gasteiger partial charge is 0.267 e. The Balaban J connectivity index is 2.17. The topological polar surface area (TPSA) is 76.7 Å². The lowest BCUT2D eigenvalue weighted by Crippen LogP contribution is -2.35. The van der Waals surface area contributed by atoms with E-state index in [0.29, 0.717) is 35.9 Å². The van der Waals surface area contributed by atoms with E-state index in [-0.39, 0.29) is 11.6 Å². The predicted molar refractivity (Wildman–Crippen MR) is 109 cm³/mol. The molecule has 0 aromatic heterocycles. The summed E-state index contributed by atoms with van der Waals surface area (Å²) in [5.74, 6) is -0.132. The highest BCUT2D eigenvalue weighted by Gasteiger charge is 2.14. The molecule has 0 saturated heterocycles. The number of amides is 2. The number of nitrogens with one attached hydrogen (secondary N) is 2. The summed E-state index contributed by atoms with van der Waals surface area (Å²) in [5.41, 5.74) is 1.29. The Labute approximate surface area is 169 Å². The molecule has 0 unspecified atom stereocenters. The highest BCUT2D eigenvalue weighted by Crippen LogP contribution is 2.14. The van der Waals surface area contributed by atoms with Crippen LogP contribution in [0.4, 0.5) is 0 Å². The molecular formula is C21H23ClN2O4. The SMILES string of the molecule is COCCCNC(=O)/C(=C/c1ccc(Cl)cc1)NC(=O)c1ccc(OC)cc1. The van der Waals surface area contributed by atoms with E-state index in [9.17, 15) is 9.59 Å². The van der Waals surface area contributed by atoms with E-state index < -0.39 is 5.91 Å². The number of benzene rings is 2. The third-order valence-electron chi connectivity index (χ3n) is 3.84. The quantitative estimate of drug-likeness (QED) is 0.498. The van der Waals surface area contributed by atoms with Crippen LogP contribution < -0.4 is 15.4 Å². The summed E-state index contributed by atoms with van der Waals surface area (Å²) in [6, 6.07) is 13.6. The molecule has 0 fully saturated rings. The fourth-order valence-electron chi connectivity index (χ4n) is 2.33. The predicted octanol–water partition coefficient (Wildman–Crippen LogP) is 3.27. The van der Waals surface area contributed by atoms with Crippen molar-refractivity contribution < 1.29 is 19.1 Å². The van der Waals surface area contributed by atoms with Gasteiger partial charge in [-0.15, -0.1) is 0 Å². The van der Waals surface area contributed by atoms with Crippen molar-refractivity contribution in [3.63, 3.8) is 0 Å². The van der Waals surface area contributed by atoms with Crippen LogP contribution in [-0.2, 0) is 9.53 Å². The standard InChI is InChI=1S/C21H23ClN2O4/c1-27-13-3-12-23-21(26)19(14-15-4-8-17(22)9-5-15)24-20(25)16-6-10-18(28-2)11-7-16/h4-11,14H,3,12-13H2,1-2H3,(H,23,26)(H,24,25)/b19-14-. The van der Waals surface area contributed by atoms with Crippen LogP contribution in [0.15, 0.2) is 54.2 Å². The van der Waals surface area contributed by atoms with E-state index in [0.717, 1.165) is 5.56 Å². The minimum Gasteiger partial charge on any atom is -0.497 e. The Morgan fingerprint density at radius 1 is 1.04 bits per heavy atom. The zero-order valence-electron chi connectivity index (χ0n) is 15.8. The Bertz CT molecular complexity index is 817. The number of carbonyl (C=O) groups excluding carboxylic acids is 2. The lowest BCUT2D eigenvalue weighted by Gasteiger charge is -2.11. The molecule has 0 aliphatic carbocycles. The molecule has 0 spiro atoms. The molecule has 28 heavy (non-hydrogen) atoms. The second-order valence-corrected chi connectivity index (χ2v) is 6.33. The van der Waals surface area contributed by atoms with Gasteiger partial charge < -0.3 is 20.1 Å². The summed E-state index contributed by atoms with van der Waals surface area (Å²) >= 11 is 5.91. The molecule has 2 aromatic rings. The molecule has 2 amide bonds. The van der Waals surface area contributed by atoms with E-state index in [1.54, 1.807) is 68.8 Å². The first kappa shape index (κ1) is 21.5. The largest absolute Gasteiger partial charge is 0.497 e. The van der Waals surface area contributed by atoms with Crippen molar-refractivity contribution >= 4 is 29.5 Å². The number of ether oxygens (including phenoxy) is 2. The van der Waals surface area contributed by atoms with Crippen LogP contribution in [0.5, 0.6) is 5.75 Å². The van der Waals surface area contributed by atoms with Gasteiger partial charge >= 0.3 is 0 Å². The van der Waals surface area contributed by atoms with E-state index in [2.05, 4.69) is 10.6 Å². The van der Waals surface area contributed by atoms with E-state index in [1.807, 2.05) is 0 Å². The van der Waals surface area contributed by atoms with Crippen LogP contribution in [0.3, 0.4) is 0 Å². The first-order chi connectivity index (χ1) is 13.5. The maximum Gasteiger partial charge on any atom is 0.267 e. The van der Waals surface area contributed by atoms with Crippen LogP contribution in [0, 0.1) is 0 Å². The molecule has 6 nitrogen and oxygen atoms in total. The van der Waals surface area contributed by atoms with Gasteiger partial charge in [-0.3, -0.25) is 9.59 Å². The number of carbonyl (C=O) groups is 2. The summed E-state index contributed by atoms with van der Waals surface area (Å²) < 4.78 is 10.1. The summed E-state index contributed by atoms with van der Waals surface area (Å²) in [5, 5.41) is 6.04. The molecule has 148 valence electrons. The maximum atomic E-state index is 12.6. The summed E-state index contributed by atoms with van der Waals surface area (Å²) in [6.45, 7) is 0.970. The molecule has 2 N–H and O–H groups in total. The Morgan fingerprint density at radius 3 is 2.32 bits per heavy atom. The fourth-order valence-corrected chi connectivity index (χ4v) is 2.46. The van der Waals surface area contributed by atoms with Crippen LogP contribution >= 0.6 is 11.6 Å². The first-order valence-electron chi connectivity index (χ1n) is 8.73. The molecule has 2 aromatic carbocycles. The Hall–Kier alpha value is -2.83. The summed E-state index contributed by atoms with van der Waals surface area (Å²) in [6.07, 6.45) is 2.27. The van der Waals surface area contributed by atoms with Gasteiger partial charge in [0.2, 0.25) is 0 Å². The van der Waals surface area contributed by atoms with Crippen molar-refractivity contribution in [1.29, 1.82) is 0 Å². The molecule has 0 aliphatic heterocycles. The van der Waals surface area contributed by atoms with Gasteiger partial charge in [0.1, 0.15) is 11.4 Å². The van der Waals surface area contributed by atoms with Crippen molar-refractivity contribution in [3.8, 4) is 5.75 Å². The van der Waals surface area contributed by atoms with Crippen LogP contribution in [0.1, 0.15) is 22.3 Å². The number of hydrogen-bond donors (Lipinski definition) is 2.